The first-order valence-electron chi connectivity index (χ1n) is 5.11. The molecule has 2 heteroatoms. The molecule has 0 spiro atoms. The Labute approximate surface area is 76.4 Å². The van der Waals surface area contributed by atoms with Crippen molar-refractivity contribution in [2.24, 2.45) is 0 Å². The normalized spacial score (nSPS) is 16.0. The Morgan fingerprint density at radius 3 is 2.33 bits per heavy atom. The van der Waals surface area contributed by atoms with E-state index in [4.69, 9.17) is 5.11 Å². The molecule has 2 atom stereocenters. The van der Waals surface area contributed by atoms with E-state index in [0.717, 1.165) is 6.42 Å². The van der Waals surface area contributed by atoms with Crippen molar-refractivity contribution in [1.29, 1.82) is 0 Å². The molecule has 0 saturated heterocycles. The van der Waals surface area contributed by atoms with Crippen LogP contribution in [0.4, 0.5) is 0 Å². The van der Waals surface area contributed by atoms with E-state index in [2.05, 4.69) is 26.1 Å². The van der Waals surface area contributed by atoms with Gasteiger partial charge in [-0.1, -0.05) is 20.3 Å². The van der Waals surface area contributed by atoms with E-state index >= 15 is 0 Å². The fourth-order valence-electron chi connectivity index (χ4n) is 1.43. The lowest BCUT2D eigenvalue weighted by atomic mass is 10.1. The number of hydrogen-bond acceptors (Lipinski definition) is 2. The summed E-state index contributed by atoms with van der Waals surface area (Å²) in [5.74, 6) is 0. The van der Waals surface area contributed by atoms with Gasteiger partial charge >= 0.3 is 0 Å². The van der Waals surface area contributed by atoms with E-state index in [0.29, 0.717) is 12.1 Å². The predicted molar refractivity (Wildman–Crippen MR) is 53.3 cm³/mol. The Hall–Kier alpha value is -0.0800. The Morgan fingerprint density at radius 1 is 1.25 bits per heavy atom. The van der Waals surface area contributed by atoms with Crippen LogP contribution in [0.1, 0.15) is 46.5 Å². The molecule has 2 unspecified atom stereocenters. The zero-order chi connectivity index (χ0) is 9.40. The van der Waals surface area contributed by atoms with Crippen molar-refractivity contribution in [3.63, 3.8) is 0 Å². The van der Waals surface area contributed by atoms with Crippen molar-refractivity contribution in [2.75, 3.05) is 6.61 Å². The van der Waals surface area contributed by atoms with Crippen LogP contribution in [0.5, 0.6) is 0 Å². The smallest absolute Gasteiger partial charge is 0.0445 e. The van der Waals surface area contributed by atoms with Gasteiger partial charge < -0.3 is 10.4 Å². The summed E-state index contributed by atoms with van der Waals surface area (Å²) in [5, 5.41) is 12.2. The Morgan fingerprint density at radius 2 is 1.92 bits per heavy atom. The molecule has 0 radical (unpaired) electrons. The summed E-state index contributed by atoms with van der Waals surface area (Å²) in [7, 11) is 0. The first-order chi connectivity index (χ1) is 5.74. The van der Waals surface area contributed by atoms with Crippen LogP contribution in [0.15, 0.2) is 0 Å². The third kappa shape index (κ3) is 5.56. The Balaban J connectivity index is 3.53. The predicted octanol–water partition coefficient (Wildman–Crippen LogP) is 1.93. The Bertz CT molecular complexity index is 95.8. The first-order valence-corrected chi connectivity index (χ1v) is 5.11. The van der Waals surface area contributed by atoms with E-state index in [1.165, 1.54) is 19.3 Å². The maximum atomic E-state index is 8.71. The average molecular weight is 173 g/mol. The van der Waals surface area contributed by atoms with Crippen LogP contribution in [0.2, 0.25) is 0 Å². The first kappa shape index (κ1) is 11.9. The van der Waals surface area contributed by atoms with Gasteiger partial charge in [0, 0.05) is 18.7 Å². The molecule has 0 aliphatic heterocycles. The fourth-order valence-corrected chi connectivity index (χ4v) is 1.43. The van der Waals surface area contributed by atoms with Crippen molar-refractivity contribution in [2.45, 2.75) is 58.5 Å². The Kier molecular flexibility index (Phi) is 7.51. The molecular formula is C10H23NO. The molecule has 2 nitrogen and oxygen atoms in total. The van der Waals surface area contributed by atoms with Crippen LogP contribution < -0.4 is 5.32 Å². The molecule has 0 fully saturated rings. The molecule has 0 heterocycles. The lowest BCUT2D eigenvalue weighted by Crippen LogP contribution is -2.36. The molecule has 0 aromatic heterocycles. The van der Waals surface area contributed by atoms with Gasteiger partial charge in [0.15, 0.2) is 0 Å². The molecule has 0 saturated carbocycles. The minimum atomic E-state index is 0.288. The molecule has 2 N–H and O–H groups in total. The molecule has 0 bridgehead atoms. The molecule has 0 aliphatic rings. The summed E-state index contributed by atoms with van der Waals surface area (Å²) in [6.45, 7) is 6.84. The van der Waals surface area contributed by atoms with Gasteiger partial charge in [-0.25, -0.2) is 0 Å². The molecule has 0 aliphatic carbocycles. The lowest BCUT2D eigenvalue weighted by Gasteiger charge is -2.21. The lowest BCUT2D eigenvalue weighted by molar-refractivity contribution is 0.260. The second kappa shape index (κ2) is 7.56. The van der Waals surface area contributed by atoms with Crippen molar-refractivity contribution in [3.05, 3.63) is 0 Å². The molecule has 0 aromatic carbocycles. The van der Waals surface area contributed by atoms with Gasteiger partial charge in [0.2, 0.25) is 0 Å². The maximum Gasteiger partial charge on any atom is 0.0445 e. The van der Waals surface area contributed by atoms with Gasteiger partial charge in [0.05, 0.1) is 0 Å². The zero-order valence-corrected chi connectivity index (χ0v) is 8.64. The highest BCUT2D eigenvalue weighted by atomic mass is 16.3. The molecule has 0 aromatic rings. The van der Waals surface area contributed by atoms with Crippen molar-refractivity contribution < 1.29 is 5.11 Å². The van der Waals surface area contributed by atoms with Gasteiger partial charge in [-0.3, -0.25) is 0 Å². The SMILES string of the molecule is CCCC(CC)NC(C)CCO. The molecule has 0 rings (SSSR count). The molecule has 0 amide bonds. The summed E-state index contributed by atoms with van der Waals surface area (Å²) in [6, 6.07) is 1.09. The standard InChI is InChI=1S/C10H23NO/c1-4-6-10(5-2)11-9(3)7-8-12/h9-12H,4-8H2,1-3H3. The summed E-state index contributed by atoms with van der Waals surface area (Å²) in [6.07, 6.45) is 4.52. The van der Waals surface area contributed by atoms with Crippen LogP contribution in [0, 0.1) is 0 Å². The van der Waals surface area contributed by atoms with Gasteiger partial charge in [0.1, 0.15) is 0 Å². The molecule has 74 valence electrons. The third-order valence-electron chi connectivity index (χ3n) is 2.21. The second-order valence-corrected chi connectivity index (χ2v) is 3.47. The van der Waals surface area contributed by atoms with Crippen molar-refractivity contribution >= 4 is 0 Å². The summed E-state index contributed by atoms with van der Waals surface area (Å²) in [4.78, 5) is 0. The fraction of sp³-hybridized carbons (Fsp3) is 1.00. The van der Waals surface area contributed by atoms with Crippen LogP contribution >= 0.6 is 0 Å². The zero-order valence-electron chi connectivity index (χ0n) is 8.64. The highest BCUT2D eigenvalue weighted by Crippen LogP contribution is 2.03. The summed E-state index contributed by atoms with van der Waals surface area (Å²) >= 11 is 0. The van der Waals surface area contributed by atoms with E-state index in [-0.39, 0.29) is 6.61 Å². The quantitative estimate of drug-likeness (QED) is 0.616. The largest absolute Gasteiger partial charge is 0.396 e. The van der Waals surface area contributed by atoms with Crippen LogP contribution in [0.25, 0.3) is 0 Å². The highest BCUT2D eigenvalue weighted by molar-refractivity contribution is 4.69. The van der Waals surface area contributed by atoms with Crippen molar-refractivity contribution in [1.82, 2.24) is 5.32 Å². The summed E-state index contributed by atoms with van der Waals surface area (Å²) < 4.78 is 0. The average Bonchev–Trinajstić information content (AvgIpc) is 2.04. The van der Waals surface area contributed by atoms with E-state index in [9.17, 15) is 0 Å². The highest BCUT2D eigenvalue weighted by Gasteiger charge is 2.07. The van der Waals surface area contributed by atoms with Crippen LogP contribution in [0.3, 0.4) is 0 Å². The van der Waals surface area contributed by atoms with E-state index in [1.54, 1.807) is 0 Å². The number of nitrogens with one attached hydrogen (secondary N) is 1. The van der Waals surface area contributed by atoms with Gasteiger partial charge in [-0.15, -0.1) is 0 Å². The topological polar surface area (TPSA) is 32.3 Å². The number of aliphatic hydroxyl groups is 1. The molecular weight excluding hydrogens is 150 g/mol. The third-order valence-corrected chi connectivity index (χ3v) is 2.21. The second-order valence-electron chi connectivity index (χ2n) is 3.47. The van der Waals surface area contributed by atoms with E-state index in [1.807, 2.05) is 0 Å². The van der Waals surface area contributed by atoms with Crippen LogP contribution in [-0.4, -0.2) is 23.8 Å². The number of rotatable bonds is 7. The summed E-state index contributed by atoms with van der Waals surface area (Å²) in [5.41, 5.74) is 0. The van der Waals surface area contributed by atoms with Gasteiger partial charge in [-0.2, -0.15) is 0 Å². The van der Waals surface area contributed by atoms with Gasteiger partial charge in [0.25, 0.3) is 0 Å². The maximum absolute atomic E-state index is 8.71. The van der Waals surface area contributed by atoms with Crippen LogP contribution in [-0.2, 0) is 0 Å². The van der Waals surface area contributed by atoms with E-state index < -0.39 is 0 Å². The number of hydrogen-bond donors (Lipinski definition) is 2. The van der Waals surface area contributed by atoms with Gasteiger partial charge in [-0.05, 0) is 26.2 Å². The minimum Gasteiger partial charge on any atom is -0.396 e. The minimum absolute atomic E-state index is 0.288. The monoisotopic (exact) mass is 173 g/mol. The number of aliphatic hydroxyl groups excluding tert-OH is 1. The van der Waals surface area contributed by atoms with Crippen molar-refractivity contribution in [3.8, 4) is 0 Å². The molecule has 12 heavy (non-hydrogen) atoms.